The van der Waals surface area contributed by atoms with E-state index in [0.29, 0.717) is 12.5 Å². The molecule has 4 nitrogen and oxygen atoms in total. The first-order valence-electron chi connectivity index (χ1n) is 9.56. The van der Waals surface area contributed by atoms with E-state index in [1.54, 1.807) is 17.9 Å². The minimum absolute atomic E-state index is 0.0163. The second-order valence-electron chi connectivity index (χ2n) is 9.05. The SMILES string of the molecule is COCC(C)(C)CC(C)(C)On1c(C2CCCCC2)cc(C)cc1=O. The van der Waals surface area contributed by atoms with Gasteiger partial charge in [-0.2, -0.15) is 0 Å². The van der Waals surface area contributed by atoms with Crippen LogP contribution in [0.5, 0.6) is 0 Å². The predicted molar refractivity (Wildman–Crippen MR) is 102 cm³/mol. The minimum Gasteiger partial charge on any atom is -0.405 e. The first kappa shape index (κ1) is 20.0. The highest BCUT2D eigenvalue weighted by Gasteiger charge is 2.32. The molecule has 0 aliphatic heterocycles. The molecular weight excluding hydrogens is 314 g/mol. The van der Waals surface area contributed by atoms with Crippen LogP contribution in [-0.2, 0) is 4.74 Å². The molecule has 1 aliphatic carbocycles. The van der Waals surface area contributed by atoms with Gasteiger partial charge in [0.15, 0.2) is 0 Å². The summed E-state index contributed by atoms with van der Waals surface area (Å²) in [4.78, 5) is 19.0. The maximum atomic E-state index is 12.7. The van der Waals surface area contributed by atoms with Gasteiger partial charge in [-0.15, -0.1) is 4.73 Å². The van der Waals surface area contributed by atoms with Gasteiger partial charge >= 0.3 is 0 Å². The molecule has 1 aromatic rings. The molecule has 1 saturated carbocycles. The summed E-state index contributed by atoms with van der Waals surface area (Å²) in [6.45, 7) is 11.1. The van der Waals surface area contributed by atoms with Gasteiger partial charge in [-0.3, -0.25) is 4.79 Å². The number of pyridine rings is 1. The third-order valence-corrected chi connectivity index (χ3v) is 4.96. The Labute approximate surface area is 152 Å². The maximum absolute atomic E-state index is 12.7. The van der Waals surface area contributed by atoms with Gasteiger partial charge in [-0.05, 0) is 57.1 Å². The van der Waals surface area contributed by atoms with E-state index < -0.39 is 5.60 Å². The Morgan fingerprint density at radius 1 is 1.12 bits per heavy atom. The van der Waals surface area contributed by atoms with Crippen molar-refractivity contribution in [3.8, 4) is 0 Å². The second kappa shape index (κ2) is 7.94. The Balaban J connectivity index is 2.29. The van der Waals surface area contributed by atoms with E-state index in [1.807, 2.05) is 6.92 Å². The number of hydrogen-bond donors (Lipinski definition) is 0. The zero-order chi connectivity index (χ0) is 18.7. The van der Waals surface area contributed by atoms with E-state index in [9.17, 15) is 4.79 Å². The van der Waals surface area contributed by atoms with Gasteiger partial charge in [0, 0.05) is 19.1 Å². The number of nitrogens with zero attached hydrogens (tertiary/aromatic N) is 1. The van der Waals surface area contributed by atoms with Crippen molar-refractivity contribution in [2.45, 2.75) is 84.7 Å². The van der Waals surface area contributed by atoms with Crippen molar-refractivity contribution < 1.29 is 9.57 Å². The number of aryl methyl sites for hydroxylation is 1. The Hall–Kier alpha value is -1.29. The van der Waals surface area contributed by atoms with Crippen LogP contribution in [0.15, 0.2) is 16.9 Å². The van der Waals surface area contributed by atoms with Crippen molar-refractivity contribution in [3.05, 3.63) is 33.7 Å². The lowest BCUT2D eigenvalue weighted by Gasteiger charge is -2.36. The molecule has 0 aromatic carbocycles. The molecule has 1 aliphatic rings. The number of aromatic nitrogens is 1. The van der Waals surface area contributed by atoms with Crippen molar-refractivity contribution in [2.75, 3.05) is 13.7 Å². The lowest BCUT2D eigenvalue weighted by Crippen LogP contribution is -2.45. The van der Waals surface area contributed by atoms with E-state index >= 15 is 0 Å². The summed E-state index contributed by atoms with van der Waals surface area (Å²) in [6.07, 6.45) is 6.85. The van der Waals surface area contributed by atoms with Crippen LogP contribution in [0.4, 0.5) is 0 Å². The Morgan fingerprint density at radius 2 is 1.76 bits per heavy atom. The first-order valence-corrected chi connectivity index (χ1v) is 9.56. The summed E-state index contributed by atoms with van der Waals surface area (Å²) in [6, 6.07) is 3.80. The van der Waals surface area contributed by atoms with Crippen molar-refractivity contribution in [2.24, 2.45) is 5.41 Å². The lowest BCUT2D eigenvalue weighted by molar-refractivity contribution is -0.0724. The Morgan fingerprint density at radius 3 is 2.36 bits per heavy atom. The fourth-order valence-electron chi connectivity index (χ4n) is 4.37. The second-order valence-corrected chi connectivity index (χ2v) is 9.05. The molecule has 0 radical (unpaired) electrons. The molecule has 0 spiro atoms. The zero-order valence-electron chi connectivity index (χ0n) is 16.9. The molecule has 1 aromatic heterocycles. The van der Waals surface area contributed by atoms with Crippen LogP contribution in [0, 0.1) is 12.3 Å². The van der Waals surface area contributed by atoms with Gasteiger partial charge in [0.1, 0.15) is 5.60 Å². The number of hydrogen-bond acceptors (Lipinski definition) is 3. The molecule has 1 fully saturated rings. The number of ether oxygens (including phenoxy) is 1. The molecule has 2 rings (SSSR count). The highest BCUT2D eigenvalue weighted by Crippen LogP contribution is 2.33. The van der Waals surface area contributed by atoms with E-state index in [-0.39, 0.29) is 11.0 Å². The standard InChI is InChI=1S/C21H35NO3/c1-16-12-18(17-10-8-7-9-11-17)22(19(23)13-16)25-21(4,5)14-20(2,3)15-24-6/h12-13,17H,7-11,14-15H2,1-6H3. The van der Waals surface area contributed by atoms with Crippen LogP contribution >= 0.6 is 0 Å². The van der Waals surface area contributed by atoms with Crippen molar-refractivity contribution in [1.82, 2.24) is 4.73 Å². The van der Waals surface area contributed by atoms with E-state index in [0.717, 1.165) is 30.5 Å². The number of rotatable bonds is 7. The zero-order valence-corrected chi connectivity index (χ0v) is 16.9. The summed E-state index contributed by atoms with van der Waals surface area (Å²) in [5, 5.41) is 0. The van der Waals surface area contributed by atoms with Crippen molar-refractivity contribution in [3.63, 3.8) is 0 Å². The molecule has 25 heavy (non-hydrogen) atoms. The average molecular weight is 350 g/mol. The highest BCUT2D eigenvalue weighted by atomic mass is 16.7. The smallest absolute Gasteiger partial charge is 0.283 e. The molecule has 0 saturated heterocycles. The summed E-state index contributed by atoms with van der Waals surface area (Å²) < 4.78 is 6.91. The monoisotopic (exact) mass is 349 g/mol. The van der Waals surface area contributed by atoms with E-state index in [4.69, 9.17) is 9.57 Å². The van der Waals surface area contributed by atoms with Crippen molar-refractivity contribution >= 4 is 0 Å². The third kappa shape index (κ3) is 5.60. The Bertz CT molecular complexity index is 625. The molecule has 4 heteroatoms. The fourth-order valence-corrected chi connectivity index (χ4v) is 4.37. The van der Waals surface area contributed by atoms with E-state index in [1.165, 1.54) is 19.3 Å². The summed E-state index contributed by atoms with van der Waals surface area (Å²) in [7, 11) is 1.72. The lowest BCUT2D eigenvalue weighted by atomic mass is 9.82. The quantitative estimate of drug-likeness (QED) is 0.729. The molecule has 0 atom stereocenters. The normalized spacial score (nSPS) is 16.9. The molecular formula is C21H35NO3. The molecule has 0 bridgehead atoms. The van der Waals surface area contributed by atoms with Crippen LogP contribution in [0.25, 0.3) is 0 Å². The summed E-state index contributed by atoms with van der Waals surface area (Å²) in [5.74, 6) is 0.420. The van der Waals surface area contributed by atoms with Gasteiger partial charge in [-0.1, -0.05) is 33.1 Å². The van der Waals surface area contributed by atoms with Crippen LogP contribution in [0.3, 0.4) is 0 Å². The minimum atomic E-state index is -0.454. The largest absolute Gasteiger partial charge is 0.405 e. The molecule has 142 valence electrons. The van der Waals surface area contributed by atoms with Crippen molar-refractivity contribution in [1.29, 1.82) is 0 Å². The predicted octanol–water partition coefficient (Wildman–Crippen LogP) is 4.47. The third-order valence-electron chi connectivity index (χ3n) is 4.96. The van der Waals surface area contributed by atoms with Gasteiger partial charge in [0.25, 0.3) is 5.56 Å². The van der Waals surface area contributed by atoms with Crippen LogP contribution < -0.4 is 10.4 Å². The van der Waals surface area contributed by atoms with Gasteiger partial charge in [0.05, 0.1) is 12.3 Å². The van der Waals surface area contributed by atoms with Crippen LogP contribution in [-0.4, -0.2) is 24.0 Å². The summed E-state index contributed by atoms with van der Waals surface area (Å²) >= 11 is 0. The van der Waals surface area contributed by atoms with Crippen LogP contribution in [0.2, 0.25) is 0 Å². The Kier molecular flexibility index (Phi) is 6.36. The fraction of sp³-hybridized carbons (Fsp3) is 0.762. The van der Waals surface area contributed by atoms with Gasteiger partial charge in [0.2, 0.25) is 0 Å². The first-order chi connectivity index (χ1) is 11.6. The van der Waals surface area contributed by atoms with Gasteiger partial charge in [-0.25, -0.2) is 0 Å². The topological polar surface area (TPSA) is 40.5 Å². The maximum Gasteiger partial charge on any atom is 0.283 e. The highest BCUT2D eigenvalue weighted by molar-refractivity contribution is 5.19. The average Bonchev–Trinajstić information content (AvgIpc) is 2.49. The van der Waals surface area contributed by atoms with Crippen LogP contribution in [0.1, 0.15) is 83.4 Å². The molecule has 1 heterocycles. The molecule has 0 unspecified atom stereocenters. The molecule has 0 N–H and O–H groups in total. The summed E-state index contributed by atoms with van der Waals surface area (Å²) in [5.41, 5.74) is 1.53. The van der Waals surface area contributed by atoms with E-state index in [2.05, 4.69) is 33.8 Å². The molecule has 0 amide bonds. The number of methoxy groups -OCH3 is 1. The van der Waals surface area contributed by atoms with Gasteiger partial charge < -0.3 is 9.57 Å².